The van der Waals surface area contributed by atoms with E-state index in [0.29, 0.717) is 71.2 Å². The van der Waals surface area contributed by atoms with E-state index in [-0.39, 0.29) is 11.3 Å². The van der Waals surface area contributed by atoms with Crippen LogP contribution in [-0.2, 0) is 16.2 Å². The first-order valence-electron chi connectivity index (χ1n) is 14.9. The lowest BCUT2D eigenvalue weighted by Crippen LogP contribution is -2.29. The molecule has 1 saturated heterocycles. The Bertz CT molecular complexity index is 2000. The molecule has 0 radical (unpaired) electrons. The van der Waals surface area contributed by atoms with Crippen molar-refractivity contribution in [3.05, 3.63) is 113 Å². The van der Waals surface area contributed by atoms with Crippen LogP contribution in [0.4, 0.5) is 5.13 Å². The number of hydrogen-bond acceptors (Lipinski definition) is 9. The van der Waals surface area contributed by atoms with Gasteiger partial charge in [-0.3, -0.25) is 14.5 Å². The number of carbonyl (C=O) groups excluding carboxylic acids is 2. The Morgan fingerprint density at radius 3 is 2.54 bits per heavy atom. The minimum Gasteiger partial charge on any atom is -0.507 e. The number of ketones is 1. The van der Waals surface area contributed by atoms with Gasteiger partial charge < -0.3 is 24.1 Å². The van der Waals surface area contributed by atoms with Crippen molar-refractivity contribution in [3.63, 3.8) is 0 Å². The second-order valence-electron chi connectivity index (χ2n) is 10.9. The minimum absolute atomic E-state index is 0.0717. The summed E-state index contributed by atoms with van der Waals surface area (Å²) in [5, 5.41) is 12.1. The molecular formula is C36H30N2O7S. The van der Waals surface area contributed by atoms with Gasteiger partial charge in [-0.25, -0.2) is 4.98 Å². The van der Waals surface area contributed by atoms with E-state index in [1.54, 1.807) is 36.4 Å². The van der Waals surface area contributed by atoms with E-state index in [4.69, 9.17) is 23.9 Å². The third kappa shape index (κ3) is 5.41. The van der Waals surface area contributed by atoms with Crippen LogP contribution in [0.15, 0.2) is 90.5 Å². The van der Waals surface area contributed by atoms with Crippen molar-refractivity contribution < 1.29 is 33.6 Å². The number of nitrogens with zero attached hydrogens (tertiary/aromatic N) is 2. The average Bonchev–Trinajstić information content (AvgIpc) is 3.61. The van der Waals surface area contributed by atoms with Gasteiger partial charge >= 0.3 is 5.91 Å². The number of fused-ring (bicyclic) bond motifs is 2. The molecule has 46 heavy (non-hydrogen) atoms. The number of anilines is 1. The molecule has 0 saturated carbocycles. The minimum atomic E-state index is -1.00. The summed E-state index contributed by atoms with van der Waals surface area (Å²) in [5.41, 5.74) is 3.54. The maximum atomic E-state index is 13.8. The molecule has 9 nitrogen and oxygen atoms in total. The Balaban J connectivity index is 1.36. The summed E-state index contributed by atoms with van der Waals surface area (Å²) in [4.78, 5) is 33.8. The average molecular weight is 635 g/mol. The summed E-state index contributed by atoms with van der Waals surface area (Å²) < 4.78 is 24.3. The second-order valence-corrected chi connectivity index (χ2v) is 11.9. The quantitative estimate of drug-likeness (QED) is 0.111. The molecule has 0 spiro atoms. The summed E-state index contributed by atoms with van der Waals surface area (Å²) >= 11 is 1.31. The Hall–Kier alpha value is -5.35. The number of Topliss-reactive ketones (excluding diaryl/α,β-unsaturated/α-hetero) is 1. The molecular weight excluding hydrogens is 604 g/mol. The van der Waals surface area contributed by atoms with Gasteiger partial charge in [-0.2, -0.15) is 0 Å². The molecule has 3 heterocycles. The lowest BCUT2D eigenvalue weighted by molar-refractivity contribution is -0.132. The van der Waals surface area contributed by atoms with Crippen LogP contribution in [0, 0.1) is 6.92 Å². The standard InChI is InChI=1S/C36H30N2O7S/c1-3-42-28-18-23(10-13-27(28)45-20-22-7-5-4-6-8-22)32-31(33(39)24-11-14-26-29(19-24)44-16-15-43-26)34(40)35(41)38(32)36-37-25-12-9-21(2)17-30(25)46-36/h4-14,17-19,32,39H,3,15-16,20H2,1-2H3/b33-31-. The fourth-order valence-electron chi connectivity index (χ4n) is 5.63. The van der Waals surface area contributed by atoms with E-state index in [1.165, 1.54) is 16.2 Å². The van der Waals surface area contributed by atoms with E-state index in [1.807, 2.05) is 62.4 Å². The summed E-state index contributed by atoms with van der Waals surface area (Å²) in [7, 11) is 0. The third-order valence-electron chi connectivity index (χ3n) is 7.82. The zero-order chi connectivity index (χ0) is 31.8. The van der Waals surface area contributed by atoms with Gasteiger partial charge in [-0.15, -0.1) is 0 Å². The van der Waals surface area contributed by atoms with Gasteiger partial charge in [0, 0.05) is 5.56 Å². The van der Waals surface area contributed by atoms with Crippen molar-refractivity contribution in [1.29, 1.82) is 0 Å². The van der Waals surface area contributed by atoms with Crippen LogP contribution in [0.1, 0.15) is 35.2 Å². The van der Waals surface area contributed by atoms with Gasteiger partial charge in [0.05, 0.1) is 28.4 Å². The van der Waals surface area contributed by atoms with Crippen molar-refractivity contribution in [2.24, 2.45) is 0 Å². The molecule has 5 aromatic rings. The van der Waals surface area contributed by atoms with Crippen molar-refractivity contribution in [2.45, 2.75) is 26.5 Å². The molecule has 1 unspecified atom stereocenters. The molecule has 10 heteroatoms. The third-order valence-corrected chi connectivity index (χ3v) is 8.84. The molecule has 2 aliphatic heterocycles. The highest BCUT2D eigenvalue weighted by Crippen LogP contribution is 2.46. The first-order chi connectivity index (χ1) is 22.4. The van der Waals surface area contributed by atoms with E-state index < -0.39 is 17.7 Å². The molecule has 4 aromatic carbocycles. The topological polar surface area (TPSA) is 107 Å². The van der Waals surface area contributed by atoms with Gasteiger partial charge in [0.1, 0.15) is 25.6 Å². The zero-order valence-corrected chi connectivity index (χ0v) is 26.0. The predicted molar refractivity (Wildman–Crippen MR) is 175 cm³/mol. The van der Waals surface area contributed by atoms with E-state index >= 15 is 0 Å². The Kier molecular flexibility index (Phi) is 7.79. The number of hydrogen-bond donors (Lipinski definition) is 1. The molecule has 2 aliphatic rings. The molecule has 1 aromatic heterocycles. The maximum Gasteiger partial charge on any atom is 0.301 e. The molecule has 7 rings (SSSR count). The van der Waals surface area contributed by atoms with Crippen molar-refractivity contribution in [1.82, 2.24) is 4.98 Å². The number of aliphatic hydroxyl groups excluding tert-OH is 1. The van der Waals surface area contributed by atoms with Crippen LogP contribution < -0.4 is 23.8 Å². The maximum absolute atomic E-state index is 13.8. The highest BCUT2D eigenvalue weighted by molar-refractivity contribution is 7.22. The largest absolute Gasteiger partial charge is 0.507 e. The van der Waals surface area contributed by atoms with Crippen LogP contribution in [0.5, 0.6) is 23.0 Å². The highest BCUT2D eigenvalue weighted by Gasteiger charge is 2.48. The van der Waals surface area contributed by atoms with Gasteiger partial charge in [0.2, 0.25) is 0 Å². The summed E-state index contributed by atoms with van der Waals surface area (Å²) in [6.07, 6.45) is 0. The molecule has 1 fully saturated rings. The van der Waals surface area contributed by atoms with Gasteiger partial charge in [0.15, 0.2) is 28.1 Å². The van der Waals surface area contributed by atoms with Crippen LogP contribution in [0.25, 0.3) is 16.0 Å². The molecule has 0 bridgehead atoms. The molecule has 1 amide bonds. The summed E-state index contributed by atoms with van der Waals surface area (Å²) in [6.45, 7) is 5.31. The first kappa shape index (κ1) is 29.4. The number of amides is 1. The normalized spacial score (nSPS) is 17.0. The second kappa shape index (κ2) is 12.2. The first-order valence-corrected chi connectivity index (χ1v) is 15.7. The predicted octanol–water partition coefficient (Wildman–Crippen LogP) is 6.98. The number of thiazole rings is 1. The van der Waals surface area contributed by atoms with Gasteiger partial charge in [-0.05, 0) is 73.0 Å². The van der Waals surface area contributed by atoms with Crippen LogP contribution in [0.2, 0.25) is 0 Å². The zero-order valence-electron chi connectivity index (χ0n) is 25.2. The SMILES string of the molecule is CCOc1cc(C2/C(=C(/O)c3ccc4c(c3)OCCO4)C(=O)C(=O)N2c2nc3ccc(C)cc3s2)ccc1OCc1ccccc1. The van der Waals surface area contributed by atoms with Crippen molar-refractivity contribution in [3.8, 4) is 23.0 Å². The molecule has 0 aliphatic carbocycles. The molecule has 1 atom stereocenters. The Morgan fingerprint density at radius 1 is 0.935 bits per heavy atom. The lowest BCUT2D eigenvalue weighted by Gasteiger charge is -2.24. The van der Waals surface area contributed by atoms with Crippen LogP contribution >= 0.6 is 11.3 Å². The fourth-order valence-corrected chi connectivity index (χ4v) is 6.72. The van der Waals surface area contributed by atoms with E-state index in [0.717, 1.165) is 15.8 Å². The van der Waals surface area contributed by atoms with Crippen molar-refractivity contribution >= 4 is 44.1 Å². The summed E-state index contributed by atoms with van der Waals surface area (Å²) in [6, 6.07) is 24.8. The lowest BCUT2D eigenvalue weighted by atomic mass is 9.95. The van der Waals surface area contributed by atoms with Crippen LogP contribution in [-0.4, -0.2) is 41.6 Å². The smallest absolute Gasteiger partial charge is 0.301 e. The number of aryl methyl sites for hydroxylation is 1. The highest BCUT2D eigenvalue weighted by atomic mass is 32.1. The number of aliphatic hydroxyl groups is 1. The summed E-state index contributed by atoms with van der Waals surface area (Å²) in [5.74, 6) is -0.00719. The van der Waals surface area contributed by atoms with Gasteiger partial charge in [0.25, 0.3) is 5.78 Å². The van der Waals surface area contributed by atoms with E-state index in [9.17, 15) is 14.7 Å². The molecule has 232 valence electrons. The number of carbonyl (C=O) groups is 2. The van der Waals surface area contributed by atoms with Gasteiger partial charge in [-0.1, -0.05) is 53.8 Å². The monoisotopic (exact) mass is 634 g/mol. The Morgan fingerprint density at radius 2 is 1.74 bits per heavy atom. The molecule has 1 N–H and O–H groups in total. The number of ether oxygens (including phenoxy) is 4. The Labute approximate surface area is 269 Å². The van der Waals surface area contributed by atoms with E-state index in [2.05, 4.69) is 0 Å². The number of benzene rings is 4. The van der Waals surface area contributed by atoms with Crippen LogP contribution in [0.3, 0.4) is 0 Å². The number of rotatable bonds is 8. The van der Waals surface area contributed by atoms with Crippen molar-refractivity contribution in [2.75, 3.05) is 24.7 Å². The number of aromatic nitrogens is 1. The fraction of sp³-hybridized carbons (Fsp3) is 0.194.